The first-order chi connectivity index (χ1) is 9.86. The molecule has 0 aromatic carbocycles. The van der Waals surface area contributed by atoms with Crippen molar-refractivity contribution in [2.24, 2.45) is 5.84 Å². The van der Waals surface area contributed by atoms with Crippen LogP contribution in [0.15, 0.2) is 30.9 Å². The van der Waals surface area contributed by atoms with Crippen molar-refractivity contribution in [1.82, 2.24) is 19.9 Å². The Morgan fingerprint density at radius 1 is 0.950 bits per heavy atom. The van der Waals surface area contributed by atoms with Gasteiger partial charge in [0.1, 0.15) is 18.0 Å². The molecule has 0 bridgehead atoms. The Morgan fingerprint density at radius 3 is 2.35 bits per heavy atom. The van der Waals surface area contributed by atoms with E-state index >= 15 is 0 Å². The Labute approximate surface area is 116 Å². The first-order valence-corrected chi connectivity index (χ1v) is 6.42. The number of rotatable bonds is 3. The van der Waals surface area contributed by atoms with Gasteiger partial charge in [0.15, 0.2) is 0 Å². The van der Waals surface area contributed by atoms with Crippen molar-refractivity contribution in [2.45, 2.75) is 0 Å². The second-order valence-corrected chi connectivity index (χ2v) is 4.43. The third-order valence-corrected chi connectivity index (χ3v) is 3.24. The van der Waals surface area contributed by atoms with Crippen LogP contribution in [0.1, 0.15) is 0 Å². The molecular formula is C12H16N8. The summed E-state index contributed by atoms with van der Waals surface area (Å²) in [4.78, 5) is 21.2. The van der Waals surface area contributed by atoms with Crippen LogP contribution in [0.25, 0.3) is 0 Å². The van der Waals surface area contributed by atoms with E-state index in [2.05, 4.69) is 35.2 Å². The van der Waals surface area contributed by atoms with E-state index in [1.807, 2.05) is 12.1 Å². The molecule has 8 nitrogen and oxygen atoms in total. The largest absolute Gasteiger partial charge is 0.353 e. The number of hydrazine groups is 1. The van der Waals surface area contributed by atoms with E-state index in [4.69, 9.17) is 5.84 Å². The van der Waals surface area contributed by atoms with E-state index in [0.29, 0.717) is 5.82 Å². The lowest BCUT2D eigenvalue weighted by Crippen LogP contribution is -2.47. The summed E-state index contributed by atoms with van der Waals surface area (Å²) in [6, 6.07) is 3.66. The summed E-state index contributed by atoms with van der Waals surface area (Å²) in [5.74, 6) is 7.63. The fourth-order valence-corrected chi connectivity index (χ4v) is 2.19. The molecule has 0 aliphatic carbocycles. The van der Waals surface area contributed by atoms with Gasteiger partial charge in [-0.25, -0.2) is 25.8 Å². The van der Waals surface area contributed by atoms with Crippen LogP contribution in [0.4, 0.5) is 17.6 Å². The lowest BCUT2D eigenvalue weighted by Gasteiger charge is -2.35. The average molecular weight is 272 g/mol. The average Bonchev–Trinajstić information content (AvgIpc) is 2.56. The molecule has 2 aromatic heterocycles. The maximum absolute atomic E-state index is 5.36. The molecule has 0 radical (unpaired) electrons. The van der Waals surface area contributed by atoms with E-state index in [-0.39, 0.29) is 0 Å². The van der Waals surface area contributed by atoms with Crippen LogP contribution in [0, 0.1) is 0 Å². The summed E-state index contributed by atoms with van der Waals surface area (Å²) >= 11 is 0. The van der Waals surface area contributed by atoms with E-state index < -0.39 is 0 Å². The monoisotopic (exact) mass is 272 g/mol. The van der Waals surface area contributed by atoms with Crippen molar-refractivity contribution < 1.29 is 0 Å². The molecule has 3 N–H and O–H groups in total. The van der Waals surface area contributed by atoms with Crippen LogP contribution >= 0.6 is 0 Å². The molecule has 1 saturated heterocycles. The van der Waals surface area contributed by atoms with Gasteiger partial charge in [-0.1, -0.05) is 0 Å². The van der Waals surface area contributed by atoms with Crippen molar-refractivity contribution in [3.63, 3.8) is 0 Å². The molecule has 3 rings (SSSR count). The molecule has 2 aromatic rings. The van der Waals surface area contributed by atoms with Crippen molar-refractivity contribution in [1.29, 1.82) is 0 Å². The number of nitrogens with two attached hydrogens (primary N) is 1. The second-order valence-electron chi connectivity index (χ2n) is 4.43. The zero-order valence-corrected chi connectivity index (χ0v) is 11.0. The minimum atomic E-state index is 0.615. The van der Waals surface area contributed by atoms with Crippen molar-refractivity contribution in [3.05, 3.63) is 30.9 Å². The van der Waals surface area contributed by atoms with Gasteiger partial charge in [-0.05, 0) is 6.07 Å². The third kappa shape index (κ3) is 2.59. The van der Waals surface area contributed by atoms with Crippen molar-refractivity contribution in [3.8, 4) is 0 Å². The van der Waals surface area contributed by atoms with Gasteiger partial charge < -0.3 is 15.2 Å². The van der Waals surface area contributed by atoms with Crippen LogP contribution in [0.3, 0.4) is 0 Å². The van der Waals surface area contributed by atoms with Crippen LogP contribution in [-0.2, 0) is 0 Å². The van der Waals surface area contributed by atoms with Gasteiger partial charge in [-0.3, -0.25) is 0 Å². The summed E-state index contributed by atoms with van der Waals surface area (Å²) in [5, 5.41) is 0. The third-order valence-electron chi connectivity index (χ3n) is 3.24. The highest BCUT2D eigenvalue weighted by atomic mass is 15.3. The number of aromatic nitrogens is 4. The quantitative estimate of drug-likeness (QED) is 0.589. The molecule has 0 unspecified atom stereocenters. The number of nitrogens with zero attached hydrogens (tertiary/aromatic N) is 6. The summed E-state index contributed by atoms with van der Waals surface area (Å²) in [5.41, 5.74) is 2.53. The number of hydrogen-bond acceptors (Lipinski definition) is 8. The predicted molar refractivity (Wildman–Crippen MR) is 76.3 cm³/mol. The molecule has 0 saturated carbocycles. The number of piperazine rings is 1. The molecular weight excluding hydrogens is 256 g/mol. The molecule has 8 heteroatoms. The van der Waals surface area contributed by atoms with Crippen molar-refractivity contribution in [2.75, 3.05) is 41.4 Å². The summed E-state index contributed by atoms with van der Waals surface area (Å²) in [6.45, 7) is 3.44. The molecule has 0 amide bonds. The zero-order chi connectivity index (χ0) is 13.8. The molecule has 1 aliphatic heterocycles. The Hall–Kier alpha value is -2.48. The molecule has 0 spiro atoms. The fourth-order valence-electron chi connectivity index (χ4n) is 2.19. The standard InChI is InChI=1S/C12H16N8/c13-18-10-8-11(17-9-16-10)19-4-6-20(7-5-19)12-14-2-1-3-15-12/h1-3,8-9H,4-7,13H2,(H,16,17,18). The van der Waals surface area contributed by atoms with Gasteiger partial charge >= 0.3 is 0 Å². The van der Waals surface area contributed by atoms with Crippen LogP contribution in [0.5, 0.6) is 0 Å². The van der Waals surface area contributed by atoms with E-state index in [9.17, 15) is 0 Å². The molecule has 0 atom stereocenters. The maximum atomic E-state index is 5.36. The van der Waals surface area contributed by atoms with Crippen molar-refractivity contribution >= 4 is 17.6 Å². The number of anilines is 3. The van der Waals surface area contributed by atoms with Gasteiger partial charge in [-0.2, -0.15) is 0 Å². The summed E-state index contributed by atoms with van der Waals surface area (Å²) < 4.78 is 0. The van der Waals surface area contributed by atoms with Gasteiger partial charge in [0.25, 0.3) is 0 Å². The highest BCUT2D eigenvalue weighted by Gasteiger charge is 2.19. The van der Waals surface area contributed by atoms with Gasteiger partial charge in [-0.15, -0.1) is 0 Å². The van der Waals surface area contributed by atoms with E-state index in [0.717, 1.165) is 37.9 Å². The summed E-state index contributed by atoms with van der Waals surface area (Å²) in [7, 11) is 0. The summed E-state index contributed by atoms with van der Waals surface area (Å²) in [6.07, 6.45) is 5.04. The van der Waals surface area contributed by atoms with Gasteiger partial charge in [0, 0.05) is 44.6 Å². The molecule has 1 aliphatic rings. The molecule has 104 valence electrons. The Morgan fingerprint density at radius 2 is 1.65 bits per heavy atom. The van der Waals surface area contributed by atoms with E-state index in [1.54, 1.807) is 12.4 Å². The Kier molecular flexibility index (Phi) is 3.55. The molecule has 1 fully saturated rings. The Balaban J connectivity index is 1.66. The van der Waals surface area contributed by atoms with E-state index in [1.165, 1.54) is 6.33 Å². The topological polar surface area (TPSA) is 96.1 Å². The van der Waals surface area contributed by atoms with Crippen LogP contribution < -0.4 is 21.1 Å². The molecule has 20 heavy (non-hydrogen) atoms. The zero-order valence-electron chi connectivity index (χ0n) is 11.0. The predicted octanol–water partition coefficient (Wildman–Crippen LogP) is -0.121. The number of nitrogens with one attached hydrogen (secondary N) is 1. The highest BCUT2D eigenvalue weighted by molar-refractivity contribution is 5.49. The van der Waals surface area contributed by atoms with Gasteiger partial charge in [0.05, 0.1) is 0 Å². The first-order valence-electron chi connectivity index (χ1n) is 6.42. The fraction of sp³-hybridized carbons (Fsp3) is 0.333. The maximum Gasteiger partial charge on any atom is 0.225 e. The number of nitrogen functional groups attached to an aromatic ring is 1. The first kappa shape index (κ1) is 12.5. The van der Waals surface area contributed by atoms with Crippen LogP contribution in [-0.4, -0.2) is 46.1 Å². The second kappa shape index (κ2) is 5.66. The SMILES string of the molecule is NNc1cc(N2CCN(c3ncccn3)CC2)ncn1. The molecule has 3 heterocycles. The lowest BCUT2D eigenvalue weighted by atomic mass is 10.3. The highest BCUT2D eigenvalue weighted by Crippen LogP contribution is 2.17. The van der Waals surface area contributed by atoms with Gasteiger partial charge in [0.2, 0.25) is 5.95 Å². The minimum absolute atomic E-state index is 0.615. The lowest BCUT2D eigenvalue weighted by molar-refractivity contribution is 0.634. The van der Waals surface area contributed by atoms with Crippen LogP contribution in [0.2, 0.25) is 0 Å². The normalized spacial score (nSPS) is 15.2. The minimum Gasteiger partial charge on any atom is -0.353 e. The smallest absolute Gasteiger partial charge is 0.225 e. The Bertz CT molecular complexity index is 552. The number of hydrogen-bond donors (Lipinski definition) is 2.